The van der Waals surface area contributed by atoms with Gasteiger partial charge in [-0.1, -0.05) is 36.4 Å². The van der Waals surface area contributed by atoms with Gasteiger partial charge in [0.05, 0.1) is 6.10 Å². The largest absolute Gasteiger partial charge is 0.388 e. The zero-order valence-corrected chi connectivity index (χ0v) is 14.0. The minimum absolute atomic E-state index is 0.0878. The van der Waals surface area contributed by atoms with Crippen LogP contribution in [0.5, 0.6) is 0 Å². The number of nitrogens with zero attached hydrogens (tertiary/aromatic N) is 4. The molecule has 6 heteroatoms. The molecule has 0 aliphatic rings. The molecule has 0 aliphatic heterocycles. The molecule has 1 amide bonds. The molecule has 25 heavy (non-hydrogen) atoms. The highest BCUT2D eigenvalue weighted by Gasteiger charge is 2.15. The van der Waals surface area contributed by atoms with Crippen molar-refractivity contribution < 1.29 is 9.90 Å². The van der Waals surface area contributed by atoms with Crippen LogP contribution in [0.3, 0.4) is 0 Å². The van der Waals surface area contributed by atoms with E-state index in [0.29, 0.717) is 18.5 Å². The molecule has 0 saturated carbocycles. The van der Waals surface area contributed by atoms with Crippen LogP contribution in [0.2, 0.25) is 0 Å². The van der Waals surface area contributed by atoms with Gasteiger partial charge in [-0.2, -0.15) is 0 Å². The third-order valence-electron chi connectivity index (χ3n) is 4.08. The van der Waals surface area contributed by atoms with E-state index in [1.165, 1.54) is 0 Å². The van der Waals surface area contributed by atoms with E-state index in [1.807, 2.05) is 42.5 Å². The van der Waals surface area contributed by atoms with Gasteiger partial charge in [-0.3, -0.25) is 9.36 Å². The molecule has 0 saturated heterocycles. The van der Waals surface area contributed by atoms with Gasteiger partial charge in [0.2, 0.25) is 0 Å². The van der Waals surface area contributed by atoms with Gasteiger partial charge >= 0.3 is 0 Å². The van der Waals surface area contributed by atoms with Crippen molar-refractivity contribution in [3.8, 4) is 5.69 Å². The van der Waals surface area contributed by atoms with Crippen molar-refractivity contribution in [3.63, 3.8) is 0 Å². The van der Waals surface area contributed by atoms with Gasteiger partial charge in [0.15, 0.2) is 0 Å². The molecule has 1 N–H and O–H groups in total. The molecule has 1 aromatic heterocycles. The number of carbonyl (C=O) groups is 1. The van der Waals surface area contributed by atoms with E-state index in [9.17, 15) is 9.90 Å². The Kier molecular flexibility index (Phi) is 5.20. The van der Waals surface area contributed by atoms with Crippen LogP contribution in [0.4, 0.5) is 0 Å². The van der Waals surface area contributed by atoms with Crippen LogP contribution in [0.15, 0.2) is 67.3 Å². The van der Waals surface area contributed by atoms with Gasteiger partial charge in [0, 0.05) is 24.8 Å². The highest BCUT2D eigenvalue weighted by Crippen LogP contribution is 2.17. The lowest BCUT2D eigenvalue weighted by molar-refractivity contribution is 0.0761. The van der Waals surface area contributed by atoms with Crippen LogP contribution in [0, 0.1) is 0 Å². The lowest BCUT2D eigenvalue weighted by atomic mass is 10.1. The van der Waals surface area contributed by atoms with Crippen LogP contribution < -0.4 is 0 Å². The van der Waals surface area contributed by atoms with Gasteiger partial charge in [0.1, 0.15) is 12.7 Å². The fraction of sp³-hybridized carbons (Fsp3) is 0.211. The van der Waals surface area contributed by atoms with Crippen LogP contribution in [0.1, 0.15) is 28.4 Å². The highest BCUT2D eigenvalue weighted by atomic mass is 16.3. The predicted octanol–water partition coefficient (Wildman–Crippen LogP) is 2.46. The Morgan fingerprint density at radius 3 is 2.56 bits per heavy atom. The molecule has 1 atom stereocenters. The Bertz CT molecular complexity index is 818. The molecule has 0 bridgehead atoms. The predicted molar refractivity (Wildman–Crippen MR) is 94.3 cm³/mol. The van der Waals surface area contributed by atoms with Crippen molar-refractivity contribution in [2.24, 2.45) is 0 Å². The average molecular weight is 336 g/mol. The third-order valence-corrected chi connectivity index (χ3v) is 4.08. The molecule has 3 rings (SSSR count). The van der Waals surface area contributed by atoms with Crippen LogP contribution >= 0.6 is 0 Å². The van der Waals surface area contributed by atoms with Crippen molar-refractivity contribution >= 4 is 5.91 Å². The maximum Gasteiger partial charge on any atom is 0.253 e. The molecule has 2 aromatic carbocycles. The fourth-order valence-electron chi connectivity index (χ4n) is 2.61. The Balaban J connectivity index is 1.63. The Hall–Kier alpha value is -2.99. The number of hydrogen-bond acceptors (Lipinski definition) is 4. The first-order valence-corrected chi connectivity index (χ1v) is 8.08. The van der Waals surface area contributed by atoms with Crippen molar-refractivity contribution in [1.82, 2.24) is 19.7 Å². The normalized spacial score (nSPS) is 11.9. The molecule has 0 fully saturated rings. The van der Waals surface area contributed by atoms with Gasteiger partial charge in [0.25, 0.3) is 5.91 Å². The lowest BCUT2D eigenvalue weighted by Crippen LogP contribution is -2.28. The summed E-state index contributed by atoms with van der Waals surface area (Å²) in [5.41, 5.74) is 2.27. The van der Waals surface area contributed by atoms with Gasteiger partial charge in [-0.25, -0.2) is 0 Å². The summed E-state index contributed by atoms with van der Waals surface area (Å²) in [5.74, 6) is -0.0878. The van der Waals surface area contributed by atoms with E-state index in [2.05, 4.69) is 10.2 Å². The molecule has 6 nitrogen and oxygen atoms in total. The number of carbonyl (C=O) groups excluding carboxylic acids is 1. The molecule has 0 spiro atoms. The van der Waals surface area contributed by atoms with E-state index in [1.54, 1.807) is 41.3 Å². The SMILES string of the molecule is CN(CCC(O)c1ccccc1)C(=O)c1cccc(-n2cnnc2)c1. The minimum Gasteiger partial charge on any atom is -0.388 e. The number of amides is 1. The summed E-state index contributed by atoms with van der Waals surface area (Å²) in [6.45, 7) is 0.464. The minimum atomic E-state index is -0.584. The number of aliphatic hydroxyl groups excluding tert-OH is 1. The van der Waals surface area contributed by atoms with Crippen molar-refractivity contribution in [3.05, 3.63) is 78.4 Å². The third kappa shape index (κ3) is 4.10. The Morgan fingerprint density at radius 2 is 1.84 bits per heavy atom. The maximum absolute atomic E-state index is 12.6. The fourth-order valence-corrected chi connectivity index (χ4v) is 2.61. The lowest BCUT2D eigenvalue weighted by Gasteiger charge is -2.20. The summed E-state index contributed by atoms with van der Waals surface area (Å²) >= 11 is 0. The molecule has 1 unspecified atom stereocenters. The Morgan fingerprint density at radius 1 is 1.12 bits per heavy atom. The second kappa shape index (κ2) is 7.72. The second-order valence-electron chi connectivity index (χ2n) is 5.86. The van der Waals surface area contributed by atoms with Gasteiger partial charge in [-0.15, -0.1) is 10.2 Å². The van der Waals surface area contributed by atoms with Crippen LogP contribution in [-0.4, -0.2) is 44.3 Å². The van der Waals surface area contributed by atoms with Crippen molar-refractivity contribution in [2.45, 2.75) is 12.5 Å². The second-order valence-corrected chi connectivity index (χ2v) is 5.86. The van der Waals surface area contributed by atoms with E-state index >= 15 is 0 Å². The highest BCUT2D eigenvalue weighted by molar-refractivity contribution is 5.94. The maximum atomic E-state index is 12.6. The van der Waals surface area contributed by atoms with Gasteiger partial charge in [-0.05, 0) is 30.2 Å². The van der Waals surface area contributed by atoms with E-state index in [-0.39, 0.29) is 5.91 Å². The number of hydrogen-bond donors (Lipinski definition) is 1. The zero-order chi connectivity index (χ0) is 17.6. The number of benzene rings is 2. The molecule has 0 radical (unpaired) electrons. The summed E-state index contributed by atoms with van der Waals surface area (Å²) in [6, 6.07) is 16.8. The first-order valence-electron chi connectivity index (χ1n) is 8.08. The molecular weight excluding hydrogens is 316 g/mol. The summed E-state index contributed by atoms with van der Waals surface area (Å²) in [6.07, 6.45) is 3.07. The summed E-state index contributed by atoms with van der Waals surface area (Å²) in [5, 5.41) is 17.8. The smallest absolute Gasteiger partial charge is 0.253 e. The topological polar surface area (TPSA) is 71.2 Å². The monoisotopic (exact) mass is 336 g/mol. The number of aromatic nitrogens is 3. The van der Waals surface area contributed by atoms with E-state index in [4.69, 9.17) is 0 Å². The molecule has 3 aromatic rings. The average Bonchev–Trinajstić information content (AvgIpc) is 3.21. The number of aliphatic hydroxyl groups is 1. The van der Waals surface area contributed by atoms with Gasteiger partial charge < -0.3 is 10.0 Å². The summed E-state index contributed by atoms with van der Waals surface area (Å²) < 4.78 is 1.75. The Labute approximate surface area is 146 Å². The molecule has 0 aliphatic carbocycles. The molecule has 1 heterocycles. The number of rotatable bonds is 6. The van der Waals surface area contributed by atoms with Crippen molar-refractivity contribution in [1.29, 1.82) is 0 Å². The first kappa shape index (κ1) is 16.9. The quantitative estimate of drug-likeness (QED) is 0.751. The molecule has 128 valence electrons. The van der Waals surface area contributed by atoms with Crippen LogP contribution in [0.25, 0.3) is 5.69 Å². The molecular formula is C19H20N4O2. The van der Waals surface area contributed by atoms with Crippen molar-refractivity contribution in [2.75, 3.05) is 13.6 Å². The van der Waals surface area contributed by atoms with E-state index < -0.39 is 6.10 Å². The van der Waals surface area contributed by atoms with E-state index in [0.717, 1.165) is 11.3 Å². The zero-order valence-electron chi connectivity index (χ0n) is 14.0. The first-order chi connectivity index (χ1) is 12.1. The summed E-state index contributed by atoms with van der Waals surface area (Å²) in [4.78, 5) is 14.2. The van der Waals surface area contributed by atoms with Crippen LogP contribution in [-0.2, 0) is 0 Å². The summed E-state index contributed by atoms with van der Waals surface area (Å²) in [7, 11) is 1.74. The standard InChI is InChI=1S/C19H20N4O2/c1-22(11-10-18(24)15-6-3-2-4-7-15)19(25)16-8-5-9-17(12-16)23-13-20-21-14-23/h2-9,12-14,18,24H,10-11H2,1H3.